The number of aliphatic hydroxyl groups is 3. The lowest BCUT2D eigenvalue weighted by molar-refractivity contribution is -0.125. The van der Waals surface area contributed by atoms with Crippen LogP contribution in [-0.4, -0.2) is 46.1 Å². The zero-order valence-corrected chi connectivity index (χ0v) is 42.0. The van der Waals surface area contributed by atoms with Gasteiger partial charge in [-0.05, 0) is 44.9 Å². The maximum Gasteiger partial charge on any atom is 0.222 e. The fraction of sp³-hybridized carbons (Fsp3) is 0.912. The minimum atomic E-state index is -0.747. The van der Waals surface area contributed by atoms with Crippen molar-refractivity contribution in [3.63, 3.8) is 0 Å². The molecule has 0 saturated carbocycles. The van der Waals surface area contributed by atoms with E-state index in [0.29, 0.717) is 12.8 Å². The maximum atomic E-state index is 12.5. The molecule has 0 heterocycles. The second kappa shape index (κ2) is 52.5. The van der Waals surface area contributed by atoms with Crippen molar-refractivity contribution in [1.29, 1.82) is 0 Å². The number of unbranched alkanes of at least 4 members (excludes halogenated alkanes) is 39. The summed E-state index contributed by atoms with van der Waals surface area (Å²) in [5.74, 6) is -0.279. The Morgan fingerprint density at radius 3 is 1.02 bits per heavy atom. The molecule has 0 aliphatic carbocycles. The Morgan fingerprint density at radius 2 is 0.694 bits per heavy atom. The molecule has 368 valence electrons. The molecule has 0 radical (unpaired) electrons. The Balaban J connectivity index is 3.48. The second-order valence-electron chi connectivity index (χ2n) is 19.6. The van der Waals surface area contributed by atoms with Gasteiger partial charge in [-0.2, -0.15) is 0 Å². The Hall–Kier alpha value is -1.17. The van der Waals surface area contributed by atoms with Gasteiger partial charge in [-0.3, -0.25) is 4.79 Å². The van der Waals surface area contributed by atoms with Crippen molar-refractivity contribution in [2.75, 3.05) is 6.61 Å². The molecule has 0 aromatic rings. The van der Waals surface area contributed by atoms with Crippen LogP contribution in [0.15, 0.2) is 24.3 Å². The quantitative estimate of drug-likeness (QED) is 0.0362. The van der Waals surface area contributed by atoms with Crippen LogP contribution in [0, 0.1) is 0 Å². The highest BCUT2D eigenvalue weighted by atomic mass is 16.3. The highest BCUT2D eigenvalue weighted by molar-refractivity contribution is 5.76. The number of rotatable bonds is 52. The van der Waals surface area contributed by atoms with Crippen LogP contribution in [-0.2, 0) is 4.79 Å². The Kier molecular flexibility index (Phi) is 51.5. The van der Waals surface area contributed by atoms with Gasteiger partial charge in [0.1, 0.15) is 0 Å². The van der Waals surface area contributed by atoms with Gasteiger partial charge < -0.3 is 20.6 Å². The zero-order valence-electron chi connectivity index (χ0n) is 42.0. The molecule has 0 spiro atoms. The normalized spacial score (nSPS) is 13.4. The lowest BCUT2D eigenvalue weighted by Gasteiger charge is -2.23. The van der Waals surface area contributed by atoms with E-state index in [1.165, 1.54) is 244 Å². The smallest absolute Gasteiger partial charge is 0.222 e. The molecular weight excluding hydrogens is 763 g/mol. The number of carbonyl (C=O) groups is 1. The summed E-state index contributed by atoms with van der Waals surface area (Å²) in [6, 6.07) is -0.656. The topological polar surface area (TPSA) is 89.8 Å². The minimum Gasteiger partial charge on any atom is -0.394 e. The standard InChI is InChI=1S/C57H111NO4/c1-3-5-7-9-11-13-15-17-19-20-21-22-23-24-25-26-27-28-29-30-31-32-33-34-35-36-37-38-40-42-44-46-48-50-54(60)52-57(62)58-55(53-59)56(61)51-49-47-45-43-41-39-18-16-14-12-10-8-6-4-2/h23-24,26-27,54-56,59-61H,3-22,25,28-53H2,1-2H3,(H,58,62)/b24-23-,27-26-. The summed E-state index contributed by atoms with van der Waals surface area (Å²) in [5, 5.41) is 33.5. The summed E-state index contributed by atoms with van der Waals surface area (Å²) in [7, 11) is 0. The highest BCUT2D eigenvalue weighted by Gasteiger charge is 2.21. The van der Waals surface area contributed by atoms with Crippen LogP contribution in [0.1, 0.15) is 309 Å². The highest BCUT2D eigenvalue weighted by Crippen LogP contribution is 2.18. The van der Waals surface area contributed by atoms with Gasteiger partial charge in [-0.15, -0.1) is 0 Å². The van der Waals surface area contributed by atoms with E-state index in [4.69, 9.17) is 0 Å². The molecule has 0 fully saturated rings. The van der Waals surface area contributed by atoms with Crippen LogP contribution >= 0.6 is 0 Å². The predicted octanol–water partition coefficient (Wildman–Crippen LogP) is 17.3. The number of nitrogens with one attached hydrogen (secondary N) is 1. The van der Waals surface area contributed by atoms with E-state index in [0.717, 1.165) is 32.1 Å². The first kappa shape index (κ1) is 60.8. The van der Waals surface area contributed by atoms with Crippen molar-refractivity contribution in [1.82, 2.24) is 5.32 Å². The van der Waals surface area contributed by atoms with Gasteiger partial charge in [0.05, 0.1) is 31.3 Å². The molecule has 0 aromatic carbocycles. The predicted molar refractivity (Wildman–Crippen MR) is 273 cm³/mol. The molecule has 3 atom stereocenters. The number of allylic oxidation sites excluding steroid dienone is 4. The molecule has 3 unspecified atom stereocenters. The van der Waals surface area contributed by atoms with E-state index in [1.54, 1.807) is 0 Å². The molecule has 0 saturated heterocycles. The lowest BCUT2D eigenvalue weighted by atomic mass is 10.0. The third-order valence-corrected chi connectivity index (χ3v) is 13.3. The van der Waals surface area contributed by atoms with E-state index in [1.807, 2.05) is 0 Å². The van der Waals surface area contributed by atoms with Gasteiger partial charge in [0.15, 0.2) is 0 Å². The first-order chi connectivity index (χ1) is 30.5. The Labute approximate surface area is 388 Å². The van der Waals surface area contributed by atoms with Crippen LogP contribution in [0.3, 0.4) is 0 Å². The summed E-state index contributed by atoms with van der Waals surface area (Å²) in [6.07, 6.45) is 66.3. The van der Waals surface area contributed by atoms with Gasteiger partial charge in [-0.25, -0.2) is 0 Å². The maximum absolute atomic E-state index is 12.5. The minimum absolute atomic E-state index is 0.0392. The van der Waals surface area contributed by atoms with Crippen molar-refractivity contribution in [2.24, 2.45) is 0 Å². The van der Waals surface area contributed by atoms with Crippen molar-refractivity contribution in [2.45, 2.75) is 327 Å². The Morgan fingerprint density at radius 1 is 0.403 bits per heavy atom. The zero-order chi connectivity index (χ0) is 45.1. The first-order valence-corrected chi connectivity index (χ1v) is 28.1. The van der Waals surface area contributed by atoms with Crippen molar-refractivity contribution >= 4 is 5.91 Å². The number of hydrogen-bond donors (Lipinski definition) is 4. The molecule has 0 bridgehead atoms. The van der Waals surface area contributed by atoms with Crippen LogP contribution in [0.4, 0.5) is 0 Å². The molecule has 5 heteroatoms. The van der Waals surface area contributed by atoms with E-state index in [2.05, 4.69) is 43.5 Å². The molecule has 0 aliphatic heterocycles. The van der Waals surface area contributed by atoms with Gasteiger partial charge in [0, 0.05) is 0 Å². The third kappa shape index (κ3) is 48.3. The summed E-state index contributed by atoms with van der Waals surface area (Å²) >= 11 is 0. The fourth-order valence-corrected chi connectivity index (χ4v) is 8.97. The number of aliphatic hydroxyl groups excluding tert-OH is 3. The van der Waals surface area contributed by atoms with E-state index in [-0.39, 0.29) is 18.9 Å². The lowest BCUT2D eigenvalue weighted by Crippen LogP contribution is -2.46. The number of amides is 1. The largest absolute Gasteiger partial charge is 0.394 e. The monoisotopic (exact) mass is 874 g/mol. The average molecular weight is 875 g/mol. The molecule has 0 rings (SSSR count). The average Bonchev–Trinajstić information content (AvgIpc) is 3.27. The van der Waals surface area contributed by atoms with Crippen molar-refractivity contribution in [3.05, 3.63) is 24.3 Å². The van der Waals surface area contributed by atoms with Crippen LogP contribution in [0.2, 0.25) is 0 Å². The van der Waals surface area contributed by atoms with Gasteiger partial charge in [0.25, 0.3) is 0 Å². The van der Waals surface area contributed by atoms with Gasteiger partial charge in [0.2, 0.25) is 5.91 Å². The summed E-state index contributed by atoms with van der Waals surface area (Å²) in [5.41, 5.74) is 0. The van der Waals surface area contributed by atoms with E-state index >= 15 is 0 Å². The Bertz CT molecular complexity index is 920. The molecule has 5 nitrogen and oxygen atoms in total. The van der Waals surface area contributed by atoms with Crippen LogP contribution < -0.4 is 5.32 Å². The van der Waals surface area contributed by atoms with Crippen LogP contribution in [0.25, 0.3) is 0 Å². The molecule has 0 aromatic heterocycles. The van der Waals surface area contributed by atoms with Crippen molar-refractivity contribution < 1.29 is 20.1 Å². The second-order valence-corrected chi connectivity index (χ2v) is 19.6. The third-order valence-electron chi connectivity index (χ3n) is 13.3. The molecule has 0 aliphatic rings. The summed E-state index contributed by atoms with van der Waals surface area (Å²) < 4.78 is 0. The SMILES string of the molecule is CCCCCCCCCCCCC/C=C\C/C=C\CCCCCCCCCCCCCCCCCC(O)CC(=O)NC(CO)C(O)CCCCCCCCCCCCCCCC. The number of carbonyl (C=O) groups excluding carboxylic acids is 1. The summed E-state index contributed by atoms with van der Waals surface area (Å²) in [4.78, 5) is 12.5. The van der Waals surface area contributed by atoms with Crippen LogP contribution in [0.5, 0.6) is 0 Å². The van der Waals surface area contributed by atoms with E-state index in [9.17, 15) is 20.1 Å². The molecular formula is C57H111NO4. The van der Waals surface area contributed by atoms with Crippen molar-refractivity contribution in [3.8, 4) is 0 Å². The van der Waals surface area contributed by atoms with E-state index < -0.39 is 18.2 Å². The molecule has 62 heavy (non-hydrogen) atoms. The molecule has 4 N–H and O–H groups in total. The van der Waals surface area contributed by atoms with Gasteiger partial charge in [-0.1, -0.05) is 282 Å². The summed E-state index contributed by atoms with van der Waals surface area (Å²) in [6.45, 7) is 4.29. The fourth-order valence-electron chi connectivity index (χ4n) is 8.97. The van der Waals surface area contributed by atoms with Gasteiger partial charge >= 0.3 is 0 Å². The molecule has 1 amide bonds. The number of hydrogen-bond acceptors (Lipinski definition) is 4. The first-order valence-electron chi connectivity index (χ1n) is 28.1.